The summed E-state index contributed by atoms with van der Waals surface area (Å²) in [6.45, 7) is 7.84. The van der Waals surface area contributed by atoms with Gasteiger partial charge >= 0.3 is 0 Å². The zero-order chi connectivity index (χ0) is 35.3. The fourth-order valence-electron chi connectivity index (χ4n) is 7.86. The predicted molar refractivity (Wildman–Crippen MR) is 177 cm³/mol. The maximum atomic E-state index is 14.6. The molecule has 5 amide bonds. The number of ketones is 1. The van der Waals surface area contributed by atoms with Gasteiger partial charge in [0, 0.05) is 12.6 Å². The fourth-order valence-corrected chi connectivity index (χ4v) is 7.86. The molecule has 2 unspecified atom stereocenters. The molecule has 49 heavy (non-hydrogen) atoms. The van der Waals surface area contributed by atoms with Crippen LogP contribution in [0.1, 0.15) is 111 Å². The number of hydrogen-bond acceptors (Lipinski definition) is 9. The lowest BCUT2D eigenvalue weighted by atomic mass is 9.82. The summed E-state index contributed by atoms with van der Waals surface area (Å²) >= 11 is 0. The number of amides is 5. The van der Waals surface area contributed by atoms with Gasteiger partial charge in [-0.1, -0.05) is 65.0 Å². The average Bonchev–Trinajstić information content (AvgIpc) is 3.38. The molecule has 0 bridgehead atoms. The van der Waals surface area contributed by atoms with Gasteiger partial charge in [-0.05, 0) is 68.1 Å². The molecule has 3 saturated carbocycles. The quantitative estimate of drug-likeness (QED) is 0.178. The van der Waals surface area contributed by atoms with Crippen molar-refractivity contribution in [3.63, 3.8) is 0 Å². The minimum atomic E-state index is -0.994. The second kappa shape index (κ2) is 15.8. The summed E-state index contributed by atoms with van der Waals surface area (Å²) in [5.41, 5.74) is -0.737. The van der Waals surface area contributed by atoms with Gasteiger partial charge in [0.15, 0.2) is 5.82 Å². The number of Topliss-reactive ketones (excluding diaryl/α,β-unsaturated/α-hetero) is 1. The number of nitrogens with one attached hydrogen (secondary N) is 5. The van der Waals surface area contributed by atoms with E-state index in [9.17, 15) is 28.8 Å². The Hall–Kier alpha value is -3.91. The van der Waals surface area contributed by atoms with E-state index in [-0.39, 0.29) is 41.9 Å². The number of H-pyrrole nitrogens is 1. The van der Waals surface area contributed by atoms with Crippen LogP contribution in [0.2, 0.25) is 0 Å². The molecule has 3 aliphatic carbocycles. The highest BCUT2D eigenvalue weighted by Gasteiger charge is 2.52. The first-order valence-electron chi connectivity index (χ1n) is 18.1. The highest BCUT2D eigenvalue weighted by molar-refractivity contribution is 6.38. The number of carbonyl (C=O) groups is 6. The van der Waals surface area contributed by atoms with Crippen LogP contribution >= 0.6 is 0 Å². The Morgan fingerprint density at radius 1 is 0.918 bits per heavy atom. The smallest absolute Gasteiger partial charge is 0.289 e. The summed E-state index contributed by atoms with van der Waals surface area (Å²) in [7, 11) is 0. The summed E-state index contributed by atoms with van der Waals surface area (Å²) < 4.78 is 0. The molecule has 2 heterocycles. The van der Waals surface area contributed by atoms with Crippen molar-refractivity contribution < 1.29 is 28.8 Å². The molecule has 0 spiro atoms. The second-order valence-electron chi connectivity index (χ2n) is 15.5. The van der Waals surface area contributed by atoms with E-state index < -0.39 is 59.0 Å². The van der Waals surface area contributed by atoms with Gasteiger partial charge in [0.1, 0.15) is 18.1 Å². The predicted octanol–water partition coefficient (Wildman–Crippen LogP) is 1.10. The molecule has 15 heteroatoms. The molecule has 0 aromatic carbocycles. The third kappa shape index (κ3) is 9.01. The molecule has 1 aliphatic heterocycles. The number of tetrazole rings is 1. The lowest BCUT2D eigenvalue weighted by molar-refractivity contribution is -0.146. The summed E-state index contributed by atoms with van der Waals surface area (Å²) in [6, 6.07) is -3.66. The molecule has 6 atom stereocenters. The molecular weight excluding hydrogens is 630 g/mol. The van der Waals surface area contributed by atoms with Crippen molar-refractivity contribution in [2.45, 2.75) is 141 Å². The van der Waals surface area contributed by atoms with Crippen LogP contribution in [0.4, 0.5) is 0 Å². The molecule has 1 aromatic rings. The van der Waals surface area contributed by atoms with Gasteiger partial charge in [0.25, 0.3) is 5.91 Å². The Morgan fingerprint density at radius 2 is 1.65 bits per heavy atom. The number of carbonyl (C=O) groups excluding carboxylic acids is 6. The zero-order valence-electron chi connectivity index (χ0n) is 29.3. The first kappa shape index (κ1) is 36.4. The van der Waals surface area contributed by atoms with E-state index in [1.807, 2.05) is 27.7 Å². The third-order valence-corrected chi connectivity index (χ3v) is 10.6. The van der Waals surface area contributed by atoms with Gasteiger partial charge in [-0.2, -0.15) is 5.21 Å². The van der Waals surface area contributed by atoms with Crippen LogP contribution < -0.4 is 21.3 Å². The number of hydrogen-bond donors (Lipinski definition) is 5. The van der Waals surface area contributed by atoms with Crippen molar-refractivity contribution in [3.05, 3.63) is 5.82 Å². The molecule has 0 radical (unpaired) electrons. The average molecular weight is 684 g/mol. The number of aromatic amines is 1. The number of likely N-dealkylation sites (tertiary alicyclic amines) is 1. The van der Waals surface area contributed by atoms with E-state index in [1.165, 1.54) is 0 Å². The molecule has 1 saturated heterocycles. The number of fused-ring (bicyclic) bond motifs is 1. The van der Waals surface area contributed by atoms with Crippen LogP contribution in [0.5, 0.6) is 0 Å². The Bertz CT molecular complexity index is 1370. The second-order valence-corrected chi connectivity index (χ2v) is 15.5. The molecule has 270 valence electrons. The maximum absolute atomic E-state index is 14.6. The van der Waals surface area contributed by atoms with Gasteiger partial charge in [-0.15, -0.1) is 10.2 Å². The van der Waals surface area contributed by atoms with Crippen molar-refractivity contribution >= 4 is 35.3 Å². The Balaban J connectivity index is 1.34. The molecule has 4 aliphatic rings. The van der Waals surface area contributed by atoms with Crippen LogP contribution in [0.15, 0.2) is 0 Å². The Kier molecular flexibility index (Phi) is 11.7. The van der Waals surface area contributed by atoms with E-state index in [4.69, 9.17) is 0 Å². The lowest BCUT2D eigenvalue weighted by Gasteiger charge is -2.38. The van der Waals surface area contributed by atoms with Crippen molar-refractivity contribution in [2.75, 3.05) is 6.54 Å². The standard InChI is InChI=1S/C34H53N9O6/c1-5-10-23(28(45)32(48)35-21-15-16-21)36-31(47)27-22-14-9-13-20(22)18-43(27)33(49)29(34(2,3)4)38-30(46)26(19-11-7-6-8-12-19)37-25(44)17-24-39-41-42-40-24/h19-23,26-27,29H,5-18H2,1-4H3,(H,35,48)(H,36,47)(H,37,44)(H,38,46)(H,39,40,41,42)/t20-,22?,23?,26-,27-,29+/m0/s1. The van der Waals surface area contributed by atoms with Gasteiger partial charge in [-0.3, -0.25) is 28.8 Å². The monoisotopic (exact) mass is 683 g/mol. The lowest BCUT2D eigenvalue weighted by Crippen LogP contribution is -2.62. The topological polar surface area (TPSA) is 208 Å². The number of nitrogens with zero attached hydrogens (tertiary/aromatic N) is 4. The maximum Gasteiger partial charge on any atom is 0.289 e. The van der Waals surface area contributed by atoms with Crippen LogP contribution in [0.25, 0.3) is 0 Å². The summed E-state index contributed by atoms with van der Waals surface area (Å²) in [5, 5.41) is 25.0. The Morgan fingerprint density at radius 3 is 2.29 bits per heavy atom. The normalized spacial score (nSPS) is 24.3. The van der Waals surface area contributed by atoms with E-state index in [0.29, 0.717) is 19.4 Å². The summed E-state index contributed by atoms with van der Waals surface area (Å²) in [4.78, 5) is 83.1. The largest absolute Gasteiger partial charge is 0.347 e. The minimum absolute atomic E-state index is 0.0117. The van der Waals surface area contributed by atoms with E-state index in [0.717, 1.165) is 64.2 Å². The molecule has 4 fully saturated rings. The SMILES string of the molecule is CCCC(NC(=O)[C@@H]1C2CCC[C@H]2CN1C(=O)[C@@H](NC(=O)[C@@H](NC(=O)Cc1nn[nH]n1)C1CCCCC1)C(C)(C)C)C(=O)C(=O)NC1CC1. The summed E-state index contributed by atoms with van der Waals surface area (Å²) in [5.74, 6) is -2.91. The van der Waals surface area contributed by atoms with Gasteiger partial charge < -0.3 is 26.2 Å². The minimum Gasteiger partial charge on any atom is -0.347 e. The molecule has 5 rings (SSSR count). The van der Waals surface area contributed by atoms with E-state index in [2.05, 4.69) is 41.9 Å². The Labute approximate surface area is 287 Å². The number of rotatable bonds is 14. The fraction of sp³-hybridized carbons (Fsp3) is 0.794. The molecule has 1 aromatic heterocycles. The van der Waals surface area contributed by atoms with Crippen LogP contribution in [-0.4, -0.2) is 97.6 Å². The highest BCUT2D eigenvalue weighted by atomic mass is 16.2. The molecule has 15 nitrogen and oxygen atoms in total. The van der Waals surface area contributed by atoms with Crippen molar-refractivity contribution in [1.29, 1.82) is 0 Å². The van der Waals surface area contributed by atoms with Crippen molar-refractivity contribution in [3.8, 4) is 0 Å². The van der Waals surface area contributed by atoms with Crippen molar-refractivity contribution in [2.24, 2.45) is 23.2 Å². The summed E-state index contributed by atoms with van der Waals surface area (Å²) in [6.07, 6.45) is 9.47. The molecule has 5 N–H and O–H groups in total. The zero-order valence-corrected chi connectivity index (χ0v) is 29.3. The first-order valence-corrected chi connectivity index (χ1v) is 18.1. The molecular formula is C34H53N9O6. The van der Waals surface area contributed by atoms with E-state index in [1.54, 1.807) is 4.90 Å². The van der Waals surface area contributed by atoms with Crippen LogP contribution in [0.3, 0.4) is 0 Å². The van der Waals surface area contributed by atoms with Gasteiger partial charge in [-0.25, -0.2) is 0 Å². The van der Waals surface area contributed by atoms with Gasteiger partial charge in [0.2, 0.25) is 29.4 Å². The first-order chi connectivity index (χ1) is 23.4. The van der Waals surface area contributed by atoms with Crippen molar-refractivity contribution in [1.82, 2.24) is 46.8 Å². The third-order valence-electron chi connectivity index (χ3n) is 10.6. The van der Waals surface area contributed by atoms with Crippen LogP contribution in [0, 0.1) is 23.2 Å². The highest BCUT2D eigenvalue weighted by Crippen LogP contribution is 2.43. The van der Waals surface area contributed by atoms with Crippen LogP contribution in [-0.2, 0) is 35.2 Å². The van der Waals surface area contributed by atoms with E-state index >= 15 is 0 Å². The van der Waals surface area contributed by atoms with Gasteiger partial charge in [0.05, 0.1) is 12.5 Å². The number of aromatic nitrogens is 4.